The lowest BCUT2D eigenvalue weighted by molar-refractivity contribution is 0.410. The Balaban J connectivity index is 1.94. The molecular formula is C30H32O2P2. The first-order valence-corrected chi connectivity index (χ1v) is 15.3. The van der Waals surface area contributed by atoms with Crippen LogP contribution in [0.3, 0.4) is 0 Å². The first-order valence-electron chi connectivity index (χ1n) is 11.7. The molecule has 0 radical (unpaired) electrons. The van der Waals surface area contributed by atoms with Gasteiger partial charge in [-0.3, -0.25) is 0 Å². The van der Waals surface area contributed by atoms with Crippen LogP contribution in [0.25, 0.3) is 11.1 Å². The maximum atomic E-state index is 5.92. The predicted molar refractivity (Wildman–Crippen MR) is 151 cm³/mol. The Labute approximate surface area is 206 Å². The highest BCUT2D eigenvalue weighted by Gasteiger charge is 2.29. The van der Waals surface area contributed by atoms with Gasteiger partial charge in [-0.25, -0.2) is 0 Å². The van der Waals surface area contributed by atoms with Crippen molar-refractivity contribution in [1.82, 2.24) is 0 Å². The van der Waals surface area contributed by atoms with Gasteiger partial charge in [0.25, 0.3) is 0 Å². The van der Waals surface area contributed by atoms with E-state index in [1.54, 1.807) is 14.2 Å². The van der Waals surface area contributed by atoms with Gasteiger partial charge in [0, 0.05) is 11.1 Å². The molecule has 0 saturated heterocycles. The quantitative estimate of drug-likeness (QED) is 0.235. The van der Waals surface area contributed by atoms with Crippen LogP contribution in [0.2, 0.25) is 0 Å². The van der Waals surface area contributed by atoms with Gasteiger partial charge in [0.15, 0.2) is 0 Å². The van der Waals surface area contributed by atoms with Gasteiger partial charge in [-0.05, 0) is 61.4 Å². The first kappa shape index (κ1) is 24.5. The van der Waals surface area contributed by atoms with Crippen molar-refractivity contribution in [3.8, 4) is 22.6 Å². The molecule has 2 atom stereocenters. The average molecular weight is 487 g/mol. The minimum Gasteiger partial charge on any atom is -0.496 e. The summed E-state index contributed by atoms with van der Waals surface area (Å²) >= 11 is 0. The molecule has 0 amide bonds. The van der Waals surface area contributed by atoms with Crippen LogP contribution in [-0.2, 0) is 6.42 Å². The summed E-state index contributed by atoms with van der Waals surface area (Å²) in [5, 5.41) is 4.22. The second-order valence-corrected chi connectivity index (χ2v) is 14.2. The Kier molecular flexibility index (Phi) is 8.39. The molecule has 0 aliphatic rings. The van der Waals surface area contributed by atoms with Crippen molar-refractivity contribution >= 4 is 31.1 Å². The highest BCUT2D eigenvalue weighted by Crippen LogP contribution is 2.67. The zero-order valence-corrected chi connectivity index (χ0v) is 22.2. The van der Waals surface area contributed by atoms with E-state index in [9.17, 15) is 0 Å². The maximum Gasteiger partial charge on any atom is 0.127 e. The molecule has 4 rings (SSSR count). The van der Waals surface area contributed by atoms with E-state index in [1.807, 2.05) is 12.1 Å². The SMILES string of the molecule is CCc1ccc([P@@](c2ccccc2)P(CC)c2cccc(OC)c2-c2ccccc2OC)cc1. The maximum absolute atomic E-state index is 5.92. The Hall–Kier alpha value is -2.66. The van der Waals surface area contributed by atoms with E-state index in [1.165, 1.54) is 21.5 Å². The van der Waals surface area contributed by atoms with Crippen LogP contribution in [0.4, 0.5) is 0 Å². The lowest BCUT2D eigenvalue weighted by Crippen LogP contribution is -2.17. The van der Waals surface area contributed by atoms with E-state index >= 15 is 0 Å². The van der Waals surface area contributed by atoms with E-state index in [4.69, 9.17) is 9.47 Å². The summed E-state index contributed by atoms with van der Waals surface area (Å²) in [6.45, 7) is 4.54. The van der Waals surface area contributed by atoms with Crippen LogP contribution in [0.15, 0.2) is 97.1 Å². The molecule has 34 heavy (non-hydrogen) atoms. The molecule has 2 nitrogen and oxygen atoms in total. The van der Waals surface area contributed by atoms with E-state index < -0.39 is 15.2 Å². The second kappa shape index (κ2) is 11.7. The summed E-state index contributed by atoms with van der Waals surface area (Å²) < 4.78 is 11.7. The zero-order chi connectivity index (χ0) is 23.9. The molecule has 4 aromatic rings. The van der Waals surface area contributed by atoms with Crippen LogP contribution in [0.1, 0.15) is 19.4 Å². The number of hydrogen-bond donors (Lipinski definition) is 0. The third-order valence-corrected chi connectivity index (χ3v) is 13.9. The van der Waals surface area contributed by atoms with Crippen molar-refractivity contribution in [3.63, 3.8) is 0 Å². The molecular weight excluding hydrogens is 454 g/mol. The summed E-state index contributed by atoms with van der Waals surface area (Å²) in [5.74, 6) is 1.77. The van der Waals surface area contributed by atoms with Crippen molar-refractivity contribution in [2.75, 3.05) is 20.4 Å². The van der Waals surface area contributed by atoms with Gasteiger partial charge in [-0.2, -0.15) is 0 Å². The smallest absolute Gasteiger partial charge is 0.127 e. The minimum absolute atomic E-state index is 0.538. The van der Waals surface area contributed by atoms with Crippen LogP contribution in [0.5, 0.6) is 11.5 Å². The van der Waals surface area contributed by atoms with E-state index in [-0.39, 0.29) is 0 Å². The fourth-order valence-corrected chi connectivity index (χ4v) is 12.1. The third-order valence-electron chi connectivity index (χ3n) is 6.01. The molecule has 1 unspecified atom stereocenters. The number of rotatable bonds is 9. The lowest BCUT2D eigenvalue weighted by atomic mass is 10.0. The summed E-state index contributed by atoms with van der Waals surface area (Å²) in [7, 11) is 2.38. The molecule has 0 saturated carbocycles. The van der Waals surface area contributed by atoms with Crippen molar-refractivity contribution in [1.29, 1.82) is 0 Å². The topological polar surface area (TPSA) is 18.5 Å². The zero-order valence-electron chi connectivity index (χ0n) is 20.4. The molecule has 0 fully saturated rings. The van der Waals surface area contributed by atoms with Crippen LogP contribution >= 0.6 is 15.2 Å². The molecule has 0 bridgehead atoms. The van der Waals surface area contributed by atoms with Crippen molar-refractivity contribution in [3.05, 3.63) is 103 Å². The number of hydrogen-bond acceptors (Lipinski definition) is 2. The Morgan fingerprint density at radius 1 is 0.618 bits per heavy atom. The molecule has 0 aromatic heterocycles. The van der Waals surface area contributed by atoms with Crippen molar-refractivity contribution in [2.24, 2.45) is 0 Å². The van der Waals surface area contributed by atoms with Gasteiger partial charge in [-0.15, -0.1) is 0 Å². The Morgan fingerprint density at radius 3 is 1.88 bits per heavy atom. The molecule has 4 aromatic carbocycles. The lowest BCUT2D eigenvalue weighted by Gasteiger charge is -2.31. The second-order valence-electron chi connectivity index (χ2n) is 7.94. The van der Waals surface area contributed by atoms with Gasteiger partial charge in [0.2, 0.25) is 0 Å². The van der Waals surface area contributed by atoms with Crippen LogP contribution < -0.4 is 25.4 Å². The molecule has 0 aliphatic heterocycles. The third kappa shape index (κ3) is 5.05. The molecule has 4 heteroatoms. The predicted octanol–water partition coefficient (Wildman–Crippen LogP) is 7.11. The average Bonchev–Trinajstić information content (AvgIpc) is 2.91. The number of benzene rings is 4. The highest BCUT2D eigenvalue weighted by atomic mass is 32.1. The van der Waals surface area contributed by atoms with Gasteiger partial charge in [0.05, 0.1) is 14.2 Å². The standard InChI is InChI=1S/C30H32O2P2/c1-5-23-19-21-25(22-20-23)34(24-13-8-7-9-14-24)33(6-2)29-18-12-17-28(32-4)30(29)26-15-10-11-16-27(26)31-3/h7-22H,5-6H2,1-4H3/t33?,34-/m1/s1. The fraction of sp³-hybridized carbons (Fsp3) is 0.200. The largest absolute Gasteiger partial charge is 0.496 e. The summed E-state index contributed by atoms with van der Waals surface area (Å²) in [6.07, 6.45) is 2.14. The molecule has 0 aliphatic carbocycles. The van der Waals surface area contributed by atoms with Crippen molar-refractivity contribution in [2.45, 2.75) is 20.3 Å². The van der Waals surface area contributed by atoms with Gasteiger partial charge in [-0.1, -0.05) is 98.8 Å². The molecule has 174 valence electrons. The van der Waals surface area contributed by atoms with Crippen LogP contribution in [-0.4, -0.2) is 20.4 Å². The van der Waals surface area contributed by atoms with Gasteiger partial charge < -0.3 is 9.47 Å². The normalized spacial score (nSPS) is 12.7. The number of aryl methyl sites for hydroxylation is 1. The Morgan fingerprint density at radius 2 is 1.24 bits per heavy atom. The molecule has 0 heterocycles. The first-order chi connectivity index (χ1) is 16.7. The number of para-hydroxylation sites is 1. The highest BCUT2D eigenvalue weighted by molar-refractivity contribution is 8.38. The number of ether oxygens (including phenoxy) is 2. The van der Waals surface area contributed by atoms with E-state index in [2.05, 4.69) is 98.8 Å². The Bertz CT molecular complexity index is 1210. The summed E-state index contributed by atoms with van der Waals surface area (Å²) in [6, 6.07) is 35.1. The minimum atomic E-state index is -0.578. The molecule has 0 N–H and O–H groups in total. The summed E-state index contributed by atoms with van der Waals surface area (Å²) in [5.41, 5.74) is 3.62. The monoisotopic (exact) mass is 486 g/mol. The van der Waals surface area contributed by atoms with E-state index in [0.29, 0.717) is 0 Å². The summed E-state index contributed by atoms with van der Waals surface area (Å²) in [4.78, 5) is 0. The van der Waals surface area contributed by atoms with Crippen molar-refractivity contribution < 1.29 is 9.47 Å². The number of methoxy groups -OCH3 is 2. The van der Waals surface area contributed by atoms with Crippen LogP contribution in [0, 0.1) is 0 Å². The van der Waals surface area contributed by atoms with Gasteiger partial charge >= 0.3 is 0 Å². The fourth-order valence-electron chi connectivity index (χ4n) is 4.32. The van der Waals surface area contributed by atoms with E-state index in [0.717, 1.165) is 35.2 Å². The molecule has 0 spiro atoms. The van der Waals surface area contributed by atoms with Gasteiger partial charge in [0.1, 0.15) is 11.5 Å².